The lowest BCUT2D eigenvalue weighted by Crippen LogP contribution is -2.40. The third kappa shape index (κ3) is 7.59. The van der Waals surface area contributed by atoms with Crippen LogP contribution in [0.15, 0.2) is 58.3 Å². The van der Waals surface area contributed by atoms with Crippen LogP contribution in [0.3, 0.4) is 0 Å². The number of likely N-dealkylation sites (tertiary alicyclic amines) is 1. The van der Waals surface area contributed by atoms with E-state index in [0.29, 0.717) is 44.0 Å². The summed E-state index contributed by atoms with van der Waals surface area (Å²) in [6, 6.07) is 11.6. The molecule has 0 aliphatic carbocycles. The van der Waals surface area contributed by atoms with Crippen molar-refractivity contribution >= 4 is 31.8 Å². The van der Waals surface area contributed by atoms with Crippen molar-refractivity contribution in [3.05, 3.63) is 48.5 Å². The maximum atomic E-state index is 13.0. The second kappa shape index (κ2) is 12.3. The summed E-state index contributed by atoms with van der Waals surface area (Å²) in [5, 5.41) is 9.05. The first-order chi connectivity index (χ1) is 18.1. The number of hydrogen-bond acceptors (Lipinski definition) is 7. The molecule has 11 nitrogen and oxygen atoms in total. The standard InChI is InChI=1S/C25H33N3O8S2/c29-25(30)28-13-11-19(12-14-28)17-26-37(31,32)23-5-3-6-24(16-23)38(33,34)27-20-7-9-21(10-8-20)36-18-22-4-1-2-15-35-22/h3,5-10,16,19,22,26-27H,1-2,4,11-15,17-18H2,(H,29,30). The summed E-state index contributed by atoms with van der Waals surface area (Å²) >= 11 is 0. The summed E-state index contributed by atoms with van der Waals surface area (Å²) in [4.78, 5) is 12.0. The number of amides is 1. The van der Waals surface area contributed by atoms with Crippen LogP contribution in [-0.2, 0) is 24.8 Å². The summed E-state index contributed by atoms with van der Waals surface area (Å²) < 4.78 is 68.0. The average Bonchev–Trinajstić information content (AvgIpc) is 2.92. The second-order valence-electron chi connectivity index (χ2n) is 9.47. The minimum Gasteiger partial charge on any atom is -0.491 e. The molecule has 3 N–H and O–H groups in total. The highest BCUT2D eigenvalue weighted by molar-refractivity contribution is 7.93. The summed E-state index contributed by atoms with van der Waals surface area (Å²) in [6.07, 6.45) is 3.30. The monoisotopic (exact) mass is 567 g/mol. The topological polar surface area (TPSA) is 151 Å². The maximum absolute atomic E-state index is 13.0. The summed E-state index contributed by atoms with van der Waals surface area (Å²) in [5.74, 6) is 0.589. The average molecular weight is 568 g/mol. The zero-order valence-electron chi connectivity index (χ0n) is 20.9. The number of hydrogen-bond donors (Lipinski definition) is 3. The van der Waals surface area contributed by atoms with Gasteiger partial charge in [-0.05, 0) is 80.5 Å². The van der Waals surface area contributed by atoms with Gasteiger partial charge in [0.25, 0.3) is 10.0 Å². The molecule has 0 bridgehead atoms. The van der Waals surface area contributed by atoms with Gasteiger partial charge in [-0.2, -0.15) is 0 Å². The fraction of sp³-hybridized carbons (Fsp3) is 0.480. The van der Waals surface area contributed by atoms with Crippen LogP contribution in [0.4, 0.5) is 10.5 Å². The van der Waals surface area contributed by atoms with Crippen molar-refractivity contribution in [2.75, 3.05) is 37.6 Å². The van der Waals surface area contributed by atoms with Crippen molar-refractivity contribution in [2.45, 2.75) is 48.0 Å². The van der Waals surface area contributed by atoms with Gasteiger partial charge in [0.2, 0.25) is 10.0 Å². The number of anilines is 1. The minimum absolute atomic E-state index is 0.00361. The molecule has 0 saturated carbocycles. The molecule has 2 aliphatic rings. The van der Waals surface area contributed by atoms with Crippen LogP contribution < -0.4 is 14.2 Å². The Labute approximate surface area is 223 Å². The van der Waals surface area contributed by atoms with E-state index < -0.39 is 26.1 Å². The number of carboxylic acid groups (broad SMARTS) is 1. The molecule has 2 heterocycles. The first-order valence-corrected chi connectivity index (χ1v) is 15.5. The molecule has 2 saturated heterocycles. The fourth-order valence-corrected chi connectivity index (χ4v) is 6.75. The number of carbonyl (C=O) groups is 1. The highest BCUT2D eigenvalue weighted by atomic mass is 32.2. The Bertz CT molecular complexity index is 1300. The molecule has 2 aromatic carbocycles. The van der Waals surface area contributed by atoms with Gasteiger partial charge in [-0.15, -0.1) is 0 Å². The molecule has 0 spiro atoms. The largest absolute Gasteiger partial charge is 0.491 e. The van der Waals surface area contributed by atoms with E-state index in [2.05, 4.69) is 9.44 Å². The molecule has 38 heavy (non-hydrogen) atoms. The van der Waals surface area contributed by atoms with Gasteiger partial charge in [0, 0.05) is 31.9 Å². The van der Waals surface area contributed by atoms with Crippen molar-refractivity contribution in [3.63, 3.8) is 0 Å². The van der Waals surface area contributed by atoms with E-state index in [4.69, 9.17) is 14.6 Å². The summed E-state index contributed by atoms with van der Waals surface area (Å²) in [5.41, 5.74) is 0.311. The van der Waals surface area contributed by atoms with Crippen molar-refractivity contribution in [3.8, 4) is 5.75 Å². The third-order valence-corrected chi connectivity index (χ3v) is 9.49. The van der Waals surface area contributed by atoms with E-state index in [1.807, 2.05) is 0 Å². The van der Waals surface area contributed by atoms with Crippen molar-refractivity contribution in [1.82, 2.24) is 9.62 Å². The third-order valence-electron chi connectivity index (χ3n) is 6.69. The number of piperidine rings is 1. The molecule has 2 aliphatic heterocycles. The number of nitrogens with one attached hydrogen (secondary N) is 2. The molecular formula is C25H33N3O8S2. The molecule has 2 fully saturated rings. The Morgan fingerprint density at radius 3 is 2.29 bits per heavy atom. The SMILES string of the molecule is O=C(O)N1CCC(CNS(=O)(=O)c2cccc(S(=O)(=O)Nc3ccc(OCC4CCCCO4)cc3)c2)CC1. The first-order valence-electron chi connectivity index (χ1n) is 12.6. The molecule has 1 amide bonds. The Hall–Kier alpha value is -2.87. The highest BCUT2D eigenvalue weighted by Crippen LogP contribution is 2.23. The van der Waals surface area contributed by atoms with E-state index in [1.54, 1.807) is 24.3 Å². The zero-order valence-corrected chi connectivity index (χ0v) is 22.5. The Balaban J connectivity index is 1.34. The first kappa shape index (κ1) is 28.1. The second-order valence-corrected chi connectivity index (χ2v) is 12.9. The Morgan fingerprint density at radius 1 is 0.974 bits per heavy atom. The van der Waals surface area contributed by atoms with Crippen LogP contribution >= 0.6 is 0 Å². The van der Waals surface area contributed by atoms with Gasteiger partial charge in [0.1, 0.15) is 12.4 Å². The number of nitrogens with zero attached hydrogens (tertiary/aromatic N) is 1. The quantitative estimate of drug-likeness (QED) is 0.396. The fourth-order valence-electron chi connectivity index (χ4n) is 4.41. The van der Waals surface area contributed by atoms with E-state index in [-0.39, 0.29) is 28.4 Å². The van der Waals surface area contributed by atoms with Crippen molar-refractivity contribution in [1.29, 1.82) is 0 Å². The number of sulfonamides is 2. The van der Waals surface area contributed by atoms with Crippen LogP contribution in [0.5, 0.6) is 5.75 Å². The van der Waals surface area contributed by atoms with Crippen LogP contribution in [0.2, 0.25) is 0 Å². The minimum atomic E-state index is -4.05. The number of ether oxygens (including phenoxy) is 2. The molecular weight excluding hydrogens is 534 g/mol. The molecule has 0 aromatic heterocycles. The van der Waals surface area contributed by atoms with E-state index >= 15 is 0 Å². The lowest BCUT2D eigenvalue weighted by atomic mass is 9.97. The van der Waals surface area contributed by atoms with Gasteiger partial charge < -0.3 is 19.5 Å². The number of rotatable bonds is 10. The van der Waals surface area contributed by atoms with Gasteiger partial charge in [-0.25, -0.2) is 26.4 Å². The lowest BCUT2D eigenvalue weighted by molar-refractivity contribution is -0.0110. The summed E-state index contributed by atoms with van der Waals surface area (Å²) in [7, 11) is -8.02. The van der Waals surface area contributed by atoms with E-state index in [9.17, 15) is 21.6 Å². The van der Waals surface area contributed by atoms with Crippen LogP contribution in [0.25, 0.3) is 0 Å². The highest BCUT2D eigenvalue weighted by Gasteiger charge is 2.25. The van der Waals surface area contributed by atoms with E-state index in [0.717, 1.165) is 31.9 Å². The zero-order chi connectivity index (χ0) is 27.2. The van der Waals surface area contributed by atoms with Crippen LogP contribution in [-0.4, -0.2) is 71.9 Å². The molecule has 1 atom stereocenters. The van der Waals surface area contributed by atoms with Gasteiger partial charge in [-0.3, -0.25) is 4.72 Å². The van der Waals surface area contributed by atoms with Gasteiger partial charge >= 0.3 is 6.09 Å². The van der Waals surface area contributed by atoms with Crippen LogP contribution in [0, 0.1) is 5.92 Å². The Morgan fingerprint density at radius 2 is 1.66 bits per heavy atom. The Kier molecular flexibility index (Phi) is 9.13. The predicted molar refractivity (Wildman–Crippen MR) is 140 cm³/mol. The van der Waals surface area contributed by atoms with Gasteiger partial charge in [0.05, 0.1) is 15.9 Å². The molecule has 13 heteroatoms. The molecule has 0 radical (unpaired) electrons. The normalized spacial score (nSPS) is 19.2. The van der Waals surface area contributed by atoms with Crippen molar-refractivity contribution in [2.24, 2.45) is 5.92 Å². The van der Waals surface area contributed by atoms with Crippen molar-refractivity contribution < 1.29 is 36.2 Å². The molecule has 4 rings (SSSR count). The summed E-state index contributed by atoms with van der Waals surface area (Å²) in [6.45, 7) is 2.02. The molecule has 208 valence electrons. The van der Waals surface area contributed by atoms with E-state index in [1.165, 1.54) is 23.1 Å². The smallest absolute Gasteiger partial charge is 0.407 e. The predicted octanol–water partition coefficient (Wildman–Crippen LogP) is 3.10. The lowest BCUT2D eigenvalue weighted by Gasteiger charge is -2.29. The maximum Gasteiger partial charge on any atom is 0.407 e. The van der Waals surface area contributed by atoms with Crippen LogP contribution in [0.1, 0.15) is 32.1 Å². The van der Waals surface area contributed by atoms with Gasteiger partial charge in [-0.1, -0.05) is 6.07 Å². The number of benzene rings is 2. The molecule has 1 unspecified atom stereocenters. The van der Waals surface area contributed by atoms with Gasteiger partial charge in [0.15, 0.2) is 0 Å². The molecule has 2 aromatic rings.